The second-order valence-electron chi connectivity index (χ2n) is 13.8. The number of aryl methyl sites for hydroxylation is 1. The second-order valence-corrected chi connectivity index (χ2v) is 15.8. The number of hydrogen-bond donors (Lipinski definition) is 0. The van der Waals surface area contributed by atoms with Gasteiger partial charge in [-0.05, 0) is 73.8 Å². The first kappa shape index (κ1) is 32.3. The molecule has 0 amide bonds. The van der Waals surface area contributed by atoms with E-state index in [9.17, 15) is 18.0 Å². The summed E-state index contributed by atoms with van der Waals surface area (Å²) in [6, 6.07) is 9.65. The molecule has 2 aromatic carbocycles. The number of benzene rings is 2. The van der Waals surface area contributed by atoms with Crippen molar-refractivity contribution in [3.05, 3.63) is 75.1 Å². The third kappa shape index (κ3) is 6.08. The minimum absolute atomic E-state index is 0.00980. The third-order valence-corrected chi connectivity index (χ3v) is 10.2. The highest BCUT2D eigenvalue weighted by Crippen LogP contribution is 2.55. The van der Waals surface area contributed by atoms with Gasteiger partial charge in [-0.25, -0.2) is 0 Å². The van der Waals surface area contributed by atoms with Crippen molar-refractivity contribution < 1.29 is 26.9 Å². The van der Waals surface area contributed by atoms with E-state index in [4.69, 9.17) is 20.5 Å². The molecule has 0 bridgehead atoms. The monoisotopic (exact) mass is 639 g/mol. The first-order valence-corrected chi connectivity index (χ1v) is 17.1. The lowest BCUT2D eigenvalue weighted by Gasteiger charge is -2.49. The van der Waals surface area contributed by atoms with Gasteiger partial charge in [0, 0.05) is 47.8 Å². The van der Waals surface area contributed by atoms with Crippen molar-refractivity contribution in [3.8, 4) is 11.5 Å². The fourth-order valence-electron chi connectivity index (χ4n) is 6.84. The number of ketones is 2. The number of ether oxygens (including phenoxy) is 1. The quantitative estimate of drug-likeness (QED) is 0.271. The van der Waals surface area contributed by atoms with Crippen molar-refractivity contribution in [2.45, 2.75) is 91.4 Å². The van der Waals surface area contributed by atoms with E-state index in [2.05, 4.69) is 39.5 Å². The largest absolute Gasteiger partial charge is 0.490 e. The Morgan fingerprint density at radius 2 is 1.43 bits per heavy atom. The normalized spacial score (nSPS) is 20.0. The van der Waals surface area contributed by atoms with Gasteiger partial charge in [0.15, 0.2) is 17.3 Å². The highest BCUT2D eigenvalue weighted by molar-refractivity contribution is 7.87. The highest BCUT2D eigenvalue weighted by Gasteiger charge is 2.49. The van der Waals surface area contributed by atoms with Gasteiger partial charge in [-0.15, -0.1) is 0 Å². The Morgan fingerprint density at radius 3 is 1.93 bits per heavy atom. The van der Waals surface area contributed by atoms with E-state index in [1.54, 1.807) is 31.2 Å². The Morgan fingerprint density at radius 1 is 0.886 bits per heavy atom. The van der Waals surface area contributed by atoms with Crippen LogP contribution >= 0.6 is 11.6 Å². The molecule has 0 saturated heterocycles. The predicted octanol–water partition coefficient (Wildman–Crippen LogP) is 7.91. The van der Waals surface area contributed by atoms with E-state index in [0.717, 1.165) is 23.4 Å². The number of rotatable bonds is 8. The standard InChI is InChI=1S/C35H42ClNO6S/c1-8-14-37-25-17-34(4,5)19-27(38)31(25)30(32-26(37)18-35(6,7)20-28(32)39)22-15-24(36)33(29(16-22)42-9-2)43-44(40,41)23-12-10-21(3)11-13-23/h10-13,15-16,30H,8-9,14,17-20H2,1-7H3. The molecule has 0 radical (unpaired) electrons. The maximum atomic E-state index is 14.0. The average molecular weight is 640 g/mol. The Bertz CT molecular complexity index is 1630. The summed E-state index contributed by atoms with van der Waals surface area (Å²) in [6.45, 7) is 15.1. The molecule has 0 N–H and O–H groups in total. The summed E-state index contributed by atoms with van der Waals surface area (Å²) in [6.07, 6.45) is 3.01. The minimum atomic E-state index is -4.22. The number of allylic oxidation sites excluding steroid dienone is 4. The zero-order valence-corrected chi connectivity index (χ0v) is 28.2. The van der Waals surface area contributed by atoms with Crippen LogP contribution in [0.25, 0.3) is 0 Å². The molecule has 0 aromatic heterocycles. The Kier molecular flexibility index (Phi) is 8.57. The minimum Gasteiger partial charge on any atom is -0.490 e. The van der Waals surface area contributed by atoms with Crippen LogP contribution in [0.1, 0.15) is 90.7 Å². The summed E-state index contributed by atoms with van der Waals surface area (Å²) in [5.41, 5.74) is 4.26. The lowest BCUT2D eigenvalue weighted by molar-refractivity contribution is -0.119. The Balaban J connectivity index is 1.71. The van der Waals surface area contributed by atoms with Crippen LogP contribution in [0.2, 0.25) is 5.02 Å². The fourth-order valence-corrected chi connectivity index (χ4v) is 8.10. The molecule has 0 fully saturated rings. The van der Waals surface area contributed by atoms with Crippen LogP contribution in [0.4, 0.5) is 0 Å². The summed E-state index contributed by atoms with van der Waals surface area (Å²) < 4.78 is 38.0. The van der Waals surface area contributed by atoms with Crippen molar-refractivity contribution in [3.63, 3.8) is 0 Å². The molecule has 3 aliphatic rings. The van der Waals surface area contributed by atoms with Crippen LogP contribution in [0.5, 0.6) is 11.5 Å². The van der Waals surface area contributed by atoms with Crippen LogP contribution in [0.3, 0.4) is 0 Å². The van der Waals surface area contributed by atoms with Crippen molar-refractivity contribution in [1.29, 1.82) is 0 Å². The van der Waals surface area contributed by atoms with Crippen LogP contribution in [0.15, 0.2) is 63.8 Å². The molecule has 2 aromatic rings. The molecule has 0 spiro atoms. The first-order chi connectivity index (χ1) is 20.6. The number of carbonyl (C=O) groups excluding carboxylic acids is 2. The van der Waals surface area contributed by atoms with Gasteiger partial charge >= 0.3 is 10.1 Å². The smallest absolute Gasteiger partial charge is 0.339 e. The predicted molar refractivity (Wildman–Crippen MR) is 171 cm³/mol. The molecule has 1 heterocycles. The molecule has 9 heteroatoms. The number of halogens is 1. The summed E-state index contributed by atoms with van der Waals surface area (Å²) >= 11 is 6.82. The molecule has 236 valence electrons. The number of carbonyl (C=O) groups is 2. The number of hydrogen-bond acceptors (Lipinski definition) is 7. The Labute approximate surface area is 266 Å². The van der Waals surface area contributed by atoms with Crippen LogP contribution in [-0.4, -0.2) is 38.0 Å². The fraction of sp³-hybridized carbons (Fsp3) is 0.486. The molecule has 5 rings (SSSR count). The zero-order chi connectivity index (χ0) is 32.2. The topological polar surface area (TPSA) is 90.0 Å². The van der Waals surface area contributed by atoms with E-state index in [1.807, 2.05) is 6.92 Å². The SMILES string of the molecule is CCCN1C2=C(C(=O)CC(C)(C)C2)C(c2cc(Cl)c(OS(=O)(=O)c3ccc(C)cc3)c(OCC)c2)C2=C1CC(C)(C)CC2=O. The van der Waals surface area contributed by atoms with E-state index < -0.39 is 16.0 Å². The van der Waals surface area contributed by atoms with E-state index in [0.29, 0.717) is 48.9 Å². The molecular weight excluding hydrogens is 598 g/mol. The van der Waals surface area contributed by atoms with Gasteiger partial charge < -0.3 is 13.8 Å². The van der Waals surface area contributed by atoms with Gasteiger partial charge in [0.1, 0.15) is 4.90 Å². The zero-order valence-electron chi connectivity index (χ0n) is 26.7. The van der Waals surface area contributed by atoms with Gasteiger partial charge in [0.25, 0.3) is 0 Å². The van der Waals surface area contributed by atoms with Gasteiger partial charge in [-0.1, -0.05) is 63.9 Å². The van der Waals surface area contributed by atoms with E-state index >= 15 is 0 Å². The highest BCUT2D eigenvalue weighted by atomic mass is 35.5. The van der Waals surface area contributed by atoms with Crippen molar-refractivity contribution >= 4 is 33.3 Å². The molecule has 1 aliphatic heterocycles. The number of Topliss-reactive ketones (excluding diaryl/α,β-unsaturated/α-hetero) is 2. The Hall–Kier alpha value is -3.10. The van der Waals surface area contributed by atoms with E-state index in [1.165, 1.54) is 12.1 Å². The van der Waals surface area contributed by atoms with Crippen LogP contribution in [-0.2, 0) is 19.7 Å². The molecule has 0 unspecified atom stereocenters. The van der Waals surface area contributed by atoms with E-state index in [-0.39, 0.29) is 50.4 Å². The summed E-state index contributed by atoms with van der Waals surface area (Å²) in [5.74, 6) is -0.597. The number of nitrogens with zero attached hydrogens (tertiary/aromatic N) is 1. The summed E-state index contributed by atoms with van der Waals surface area (Å²) in [4.78, 5) is 30.3. The van der Waals surface area contributed by atoms with Gasteiger partial charge in [0.05, 0.1) is 11.6 Å². The van der Waals surface area contributed by atoms with Gasteiger partial charge in [-0.2, -0.15) is 8.42 Å². The van der Waals surface area contributed by atoms with Crippen molar-refractivity contribution in [2.24, 2.45) is 10.8 Å². The average Bonchev–Trinajstić information content (AvgIpc) is 2.90. The molecular formula is C35H42ClNO6S. The first-order valence-electron chi connectivity index (χ1n) is 15.3. The summed E-state index contributed by atoms with van der Waals surface area (Å²) in [7, 11) is -4.22. The molecule has 44 heavy (non-hydrogen) atoms. The van der Waals surface area contributed by atoms with Crippen LogP contribution < -0.4 is 8.92 Å². The van der Waals surface area contributed by atoms with Crippen molar-refractivity contribution in [2.75, 3.05) is 13.2 Å². The van der Waals surface area contributed by atoms with Gasteiger partial charge in [-0.3, -0.25) is 9.59 Å². The summed E-state index contributed by atoms with van der Waals surface area (Å²) in [5, 5.41) is 0.0223. The maximum absolute atomic E-state index is 14.0. The lowest BCUT2D eigenvalue weighted by atomic mass is 9.63. The molecule has 0 atom stereocenters. The maximum Gasteiger partial charge on any atom is 0.339 e. The third-order valence-electron chi connectivity index (χ3n) is 8.64. The molecule has 0 saturated carbocycles. The molecule has 2 aliphatic carbocycles. The lowest BCUT2D eigenvalue weighted by Crippen LogP contribution is -2.44. The van der Waals surface area contributed by atoms with Crippen molar-refractivity contribution in [1.82, 2.24) is 4.90 Å². The second kappa shape index (κ2) is 11.7. The van der Waals surface area contributed by atoms with Crippen LogP contribution in [0, 0.1) is 17.8 Å². The van der Waals surface area contributed by atoms with Gasteiger partial charge in [0.2, 0.25) is 5.75 Å². The molecule has 7 nitrogen and oxygen atoms in total.